The van der Waals surface area contributed by atoms with Crippen molar-refractivity contribution in [1.29, 1.82) is 0 Å². The molecule has 0 radical (unpaired) electrons. The van der Waals surface area contributed by atoms with E-state index >= 15 is 0 Å². The Kier molecular flexibility index (Phi) is 6.83. The van der Waals surface area contributed by atoms with Crippen molar-refractivity contribution < 1.29 is 22.7 Å². The van der Waals surface area contributed by atoms with Gasteiger partial charge in [0.2, 0.25) is 10.0 Å². The Bertz CT molecular complexity index is 598. The minimum absolute atomic E-state index is 0.00870. The maximum absolute atomic E-state index is 12.4. The lowest BCUT2D eigenvalue weighted by Gasteiger charge is -2.18. The molecule has 0 aliphatic heterocycles. The van der Waals surface area contributed by atoms with Gasteiger partial charge >= 0.3 is 5.97 Å². The van der Waals surface area contributed by atoms with E-state index in [1.807, 2.05) is 13.8 Å². The van der Waals surface area contributed by atoms with Gasteiger partial charge in [0.15, 0.2) is 0 Å². The molecule has 6 nitrogen and oxygen atoms in total. The standard InChI is InChI=1S/C15H23NO5S/c1-11(2)9-12(15(17)21-4)10-16-22(18,19)14-8-6-5-7-13(14)20-3/h5-8,11-12,16H,9-10H2,1-4H3/t12-/m1/s1. The molecule has 0 aromatic heterocycles. The van der Waals surface area contributed by atoms with Crippen molar-refractivity contribution in [3.8, 4) is 5.75 Å². The van der Waals surface area contributed by atoms with Gasteiger partial charge in [0.05, 0.1) is 20.1 Å². The smallest absolute Gasteiger partial charge is 0.309 e. The molecule has 0 aliphatic rings. The molecule has 124 valence electrons. The molecule has 1 rings (SSSR count). The summed E-state index contributed by atoms with van der Waals surface area (Å²) in [6, 6.07) is 6.33. The summed E-state index contributed by atoms with van der Waals surface area (Å²) < 4.78 is 37.0. The van der Waals surface area contributed by atoms with Crippen LogP contribution in [0.25, 0.3) is 0 Å². The number of nitrogens with one attached hydrogen (secondary N) is 1. The van der Waals surface area contributed by atoms with Crippen LogP contribution in [0.3, 0.4) is 0 Å². The van der Waals surface area contributed by atoms with Gasteiger partial charge in [-0.05, 0) is 24.5 Å². The monoisotopic (exact) mass is 329 g/mol. The SMILES string of the molecule is COC(=O)[C@@H](CNS(=O)(=O)c1ccccc1OC)CC(C)C. The van der Waals surface area contributed by atoms with Crippen LogP contribution >= 0.6 is 0 Å². The van der Waals surface area contributed by atoms with Crippen LogP contribution < -0.4 is 9.46 Å². The number of ether oxygens (including phenoxy) is 2. The van der Waals surface area contributed by atoms with Crippen LogP contribution in [0.15, 0.2) is 29.2 Å². The molecule has 22 heavy (non-hydrogen) atoms. The molecule has 1 aromatic carbocycles. The van der Waals surface area contributed by atoms with Crippen LogP contribution in [0.5, 0.6) is 5.75 Å². The predicted octanol–water partition coefficient (Wildman–Crippen LogP) is 1.81. The molecule has 0 spiro atoms. The highest BCUT2D eigenvalue weighted by molar-refractivity contribution is 7.89. The van der Waals surface area contributed by atoms with Crippen LogP contribution in [0.4, 0.5) is 0 Å². The molecule has 0 heterocycles. The zero-order valence-electron chi connectivity index (χ0n) is 13.3. The van der Waals surface area contributed by atoms with Gasteiger partial charge in [-0.1, -0.05) is 26.0 Å². The lowest BCUT2D eigenvalue weighted by atomic mass is 9.97. The van der Waals surface area contributed by atoms with Crippen molar-refractivity contribution in [3.63, 3.8) is 0 Å². The summed E-state index contributed by atoms with van der Waals surface area (Å²) in [5.41, 5.74) is 0. The maximum Gasteiger partial charge on any atom is 0.309 e. The fourth-order valence-corrected chi connectivity index (χ4v) is 3.38. The van der Waals surface area contributed by atoms with Crippen LogP contribution in [0.1, 0.15) is 20.3 Å². The number of para-hydroxylation sites is 1. The topological polar surface area (TPSA) is 81.7 Å². The number of carbonyl (C=O) groups excluding carboxylic acids is 1. The average molecular weight is 329 g/mol. The van der Waals surface area contributed by atoms with Crippen molar-refractivity contribution in [2.24, 2.45) is 11.8 Å². The zero-order chi connectivity index (χ0) is 16.8. The van der Waals surface area contributed by atoms with Crippen LogP contribution in [-0.4, -0.2) is 35.2 Å². The van der Waals surface area contributed by atoms with Crippen molar-refractivity contribution in [3.05, 3.63) is 24.3 Å². The summed E-state index contributed by atoms with van der Waals surface area (Å²) >= 11 is 0. The summed E-state index contributed by atoms with van der Waals surface area (Å²) in [4.78, 5) is 11.8. The first-order valence-electron chi connectivity index (χ1n) is 7.02. The number of benzene rings is 1. The molecule has 0 fully saturated rings. The lowest BCUT2D eigenvalue weighted by Crippen LogP contribution is -2.34. The number of hydrogen-bond acceptors (Lipinski definition) is 5. The lowest BCUT2D eigenvalue weighted by molar-refractivity contribution is -0.145. The molecule has 0 amide bonds. The Morgan fingerprint density at radius 2 is 1.86 bits per heavy atom. The summed E-state index contributed by atoms with van der Waals surface area (Å²) in [7, 11) is -1.06. The van der Waals surface area contributed by atoms with E-state index in [1.54, 1.807) is 18.2 Å². The number of hydrogen-bond donors (Lipinski definition) is 1. The van der Waals surface area contributed by atoms with E-state index in [9.17, 15) is 13.2 Å². The second-order valence-electron chi connectivity index (χ2n) is 5.35. The molecule has 0 bridgehead atoms. The average Bonchev–Trinajstić information content (AvgIpc) is 2.50. The highest BCUT2D eigenvalue weighted by atomic mass is 32.2. The maximum atomic E-state index is 12.4. The third-order valence-corrected chi connectivity index (χ3v) is 4.63. The van der Waals surface area contributed by atoms with Crippen molar-refractivity contribution in [1.82, 2.24) is 4.72 Å². The third kappa shape index (κ3) is 4.99. The Morgan fingerprint density at radius 1 is 1.23 bits per heavy atom. The quantitative estimate of drug-likeness (QED) is 0.736. The fourth-order valence-electron chi connectivity index (χ4n) is 2.13. The van der Waals surface area contributed by atoms with Gasteiger partial charge in [-0.3, -0.25) is 4.79 Å². The Labute approximate surface area is 131 Å². The van der Waals surface area contributed by atoms with Crippen molar-refractivity contribution in [2.75, 3.05) is 20.8 Å². The molecule has 1 aromatic rings. The Hall–Kier alpha value is -1.60. The minimum Gasteiger partial charge on any atom is -0.495 e. The minimum atomic E-state index is -3.76. The molecule has 1 atom stereocenters. The first-order chi connectivity index (χ1) is 10.3. The largest absolute Gasteiger partial charge is 0.495 e. The number of esters is 1. The first-order valence-corrected chi connectivity index (χ1v) is 8.50. The third-order valence-electron chi connectivity index (χ3n) is 3.17. The molecule has 0 saturated carbocycles. The number of sulfonamides is 1. The van der Waals surface area contributed by atoms with Gasteiger partial charge in [0, 0.05) is 6.54 Å². The van der Waals surface area contributed by atoms with E-state index in [4.69, 9.17) is 9.47 Å². The molecule has 1 N–H and O–H groups in total. The molecular formula is C15H23NO5S. The highest BCUT2D eigenvalue weighted by Gasteiger charge is 2.25. The van der Waals surface area contributed by atoms with Gasteiger partial charge in [-0.2, -0.15) is 0 Å². The van der Waals surface area contributed by atoms with Gasteiger partial charge in [-0.15, -0.1) is 0 Å². The number of carbonyl (C=O) groups is 1. The van der Waals surface area contributed by atoms with Crippen molar-refractivity contribution in [2.45, 2.75) is 25.2 Å². The predicted molar refractivity (Wildman–Crippen MR) is 83.1 cm³/mol. The second-order valence-corrected chi connectivity index (χ2v) is 7.09. The summed E-state index contributed by atoms with van der Waals surface area (Å²) in [6.07, 6.45) is 0.543. The zero-order valence-corrected chi connectivity index (χ0v) is 14.1. The molecule has 0 unspecified atom stereocenters. The molecule has 0 aliphatic carbocycles. The first kappa shape index (κ1) is 18.4. The second kappa shape index (κ2) is 8.14. The van der Waals surface area contributed by atoms with Gasteiger partial charge in [-0.25, -0.2) is 13.1 Å². The van der Waals surface area contributed by atoms with Gasteiger partial charge < -0.3 is 9.47 Å². The van der Waals surface area contributed by atoms with Crippen LogP contribution in [0, 0.1) is 11.8 Å². The molecule has 0 saturated heterocycles. The van der Waals surface area contributed by atoms with Gasteiger partial charge in [0.1, 0.15) is 10.6 Å². The summed E-state index contributed by atoms with van der Waals surface area (Å²) in [5.74, 6) is -0.431. The Balaban J connectivity index is 2.89. The van der Waals surface area contributed by atoms with Gasteiger partial charge in [0.25, 0.3) is 0 Å². The van der Waals surface area contributed by atoms with Crippen LogP contribution in [-0.2, 0) is 19.6 Å². The Morgan fingerprint density at radius 3 is 2.41 bits per heavy atom. The normalized spacial score (nSPS) is 13.0. The van der Waals surface area contributed by atoms with E-state index in [-0.39, 0.29) is 23.1 Å². The summed E-state index contributed by atoms with van der Waals surface area (Å²) in [6.45, 7) is 3.92. The molecular weight excluding hydrogens is 306 g/mol. The van der Waals surface area contributed by atoms with Crippen LogP contribution in [0.2, 0.25) is 0 Å². The number of rotatable bonds is 8. The van der Waals surface area contributed by atoms with Crippen molar-refractivity contribution >= 4 is 16.0 Å². The number of methoxy groups -OCH3 is 2. The van der Waals surface area contributed by atoms with E-state index in [0.29, 0.717) is 6.42 Å². The van der Waals surface area contributed by atoms with E-state index < -0.39 is 21.9 Å². The summed E-state index contributed by atoms with van der Waals surface area (Å²) in [5, 5.41) is 0. The highest BCUT2D eigenvalue weighted by Crippen LogP contribution is 2.23. The van der Waals surface area contributed by atoms with E-state index in [2.05, 4.69) is 4.72 Å². The fraction of sp³-hybridized carbons (Fsp3) is 0.533. The molecule has 7 heteroatoms. The van der Waals surface area contributed by atoms with E-state index in [1.165, 1.54) is 20.3 Å². The van der Waals surface area contributed by atoms with E-state index in [0.717, 1.165) is 0 Å².